The molecule has 0 unspecified atom stereocenters. The van der Waals surface area contributed by atoms with Crippen molar-refractivity contribution >= 4 is 5.91 Å². The lowest BCUT2D eigenvalue weighted by atomic mass is 10.1. The average molecular weight is 401 g/mol. The molecule has 0 aliphatic rings. The summed E-state index contributed by atoms with van der Waals surface area (Å²) in [5, 5.41) is 2.99. The van der Waals surface area contributed by atoms with Gasteiger partial charge in [-0.1, -0.05) is 30.3 Å². The summed E-state index contributed by atoms with van der Waals surface area (Å²) in [6.07, 6.45) is 4.03. The van der Waals surface area contributed by atoms with Crippen LogP contribution in [0.25, 0.3) is 5.82 Å². The molecule has 0 bridgehead atoms. The van der Waals surface area contributed by atoms with Crippen LogP contribution in [-0.4, -0.2) is 15.0 Å². The van der Waals surface area contributed by atoms with Gasteiger partial charge in [0.2, 0.25) is 0 Å². The molecule has 0 saturated carbocycles. The molecule has 0 radical (unpaired) electrons. The number of halogens is 1. The molecule has 2 aromatic carbocycles. The first kappa shape index (κ1) is 19.7. The van der Waals surface area contributed by atoms with E-state index in [-0.39, 0.29) is 11.7 Å². The Hall–Kier alpha value is -3.60. The van der Waals surface area contributed by atoms with Gasteiger partial charge < -0.3 is 14.5 Å². The van der Waals surface area contributed by atoms with E-state index in [1.807, 2.05) is 42.7 Å². The summed E-state index contributed by atoms with van der Waals surface area (Å²) < 4.78 is 17.5. The number of benzene rings is 2. The van der Waals surface area contributed by atoms with E-state index in [2.05, 4.69) is 40.4 Å². The molecule has 1 amide bonds. The van der Waals surface area contributed by atoms with Crippen LogP contribution in [-0.2, 0) is 13.1 Å². The number of nitrogens with one attached hydrogen (secondary N) is 1. The van der Waals surface area contributed by atoms with Crippen LogP contribution in [0.2, 0.25) is 0 Å². The second-order valence-corrected chi connectivity index (χ2v) is 7.36. The van der Waals surface area contributed by atoms with Crippen molar-refractivity contribution in [3.63, 3.8) is 0 Å². The smallest absolute Gasteiger partial charge is 0.251 e. The SMILES string of the molecule is Cc1c(CNC(=O)c2ccc(F)cc2)c(-n2cccc2)n(Cc2ccccc2)c1C. The molecule has 0 fully saturated rings. The van der Waals surface area contributed by atoms with Gasteiger partial charge >= 0.3 is 0 Å². The number of hydrogen-bond acceptors (Lipinski definition) is 1. The molecular weight excluding hydrogens is 377 g/mol. The van der Waals surface area contributed by atoms with Crippen LogP contribution >= 0.6 is 0 Å². The van der Waals surface area contributed by atoms with Gasteiger partial charge in [0.15, 0.2) is 0 Å². The molecule has 0 saturated heterocycles. The van der Waals surface area contributed by atoms with E-state index < -0.39 is 0 Å². The van der Waals surface area contributed by atoms with Crippen LogP contribution in [0.3, 0.4) is 0 Å². The predicted molar refractivity (Wildman–Crippen MR) is 116 cm³/mol. The molecule has 0 aliphatic heterocycles. The molecule has 0 atom stereocenters. The molecule has 4 rings (SSSR count). The van der Waals surface area contributed by atoms with Crippen molar-refractivity contribution < 1.29 is 9.18 Å². The van der Waals surface area contributed by atoms with Gasteiger partial charge in [-0.3, -0.25) is 4.79 Å². The minimum atomic E-state index is -0.356. The van der Waals surface area contributed by atoms with Crippen molar-refractivity contribution in [2.45, 2.75) is 26.9 Å². The van der Waals surface area contributed by atoms with E-state index in [4.69, 9.17) is 0 Å². The number of carbonyl (C=O) groups excluding carboxylic acids is 1. The number of carbonyl (C=O) groups is 1. The quantitative estimate of drug-likeness (QED) is 0.484. The Morgan fingerprint density at radius 2 is 1.60 bits per heavy atom. The van der Waals surface area contributed by atoms with Gasteiger partial charge in [0.1, 0.15) is 11.6 Å². The Morgan fingerprint density at radius 1 is 0.933 bits per heavy atom. The lowest BCUT2D eigenvalue weighted by Crippen LogP contribution is -2.23. The highest BCUT2D eigenvalue weighted by Crippen LogP contribution is 2.27. The summed E-state index contributed by atoms with van der Waals surface area (Å²) in [7, 11) is 0. The van der Waals surface area contributed by atoms with Crippen molar-refractivity contribution in [1.29, 1.82) is 0 Å². The van der Waals surface area contributed by atoms with Crippen molar-refractivity contribution in [2.75, 3.05) is 0 Å². The van der Waals surface area contributed by atoms with E-state index in [1.54, 1.807) is 0 Å². The van der Waals surface area contributed by atoms with Crippen LogP contribution in [0.1, 0.15) is 32.7 Å². The Morgan fingerprint density at radius 3 is 2.27 bits per heavy atom. The highest BCUT2D eigenvalue weighted by molar-refractivity contribution is 5.94. The zero-order valence-corrected chi connectivity index (χ0v) is 17.1. The second-order valence-electron chi connectivity index (χ2n) is 7.36. The summed E-state index contributed by atoms with van der Waals surface area (Å²) in [5.74, 6) is 0.463. The number of hydrogen-bond donors (Lipinski definition) is 1. The van der Waals surface area contributed by atoms with Gasteiger partial charge in [0.25, 0.3) is 5.91 Å². The zero-order valence-electron chi connectivity index (χ0n) is 17.1. The molecule has 4 nitrogen and oxygen atoms in total. The zero-order chi connectivity index (χ0) is 21.1. The molecule has 0 spiro atoms. The fourth-order valence-electron chi connectivity index (χ4n) is 3.72. The predicted octanol–water partition coefficient (Wildman–Crippen LogP) is 5.01. The topological polar surface area (TPSA) is 39.0 Å². The van der Waals surface area contributed by atoms with Gasteiger partial charge in [-0.15, -0.1) is 0 Å². The first-order valence-corrected chi connectivity index (χ1v) is 9.94. The Bertz CT molecular complexity index is 1140. The Kier molecular flexibility index (Phi) is 5.53. The van der Waals surface area contributed by atoms with Gasteiger partial charge in [0, 0.05) is 42.3 Å². The van der Waals surface area contributed by atoms with E-state index in [9.17, 15) is 9.18 Å². The van der Waals surface area contributed by atoms with Crippen LogP contribution in [0.4, 0.5) is 4.39 Å². The first-order valence-electron chi connectivity index (χ1n) is 9.94. The van der Waals surface area contributed by atoms with E-state index >= 15 is 0 Å². The number of rotatable bonds is 6. The molecule has 5 heteroatoms. The molecule has 2 heterocycles. The highest BCUT2D eigenvalue weighted by Gasteiger charge is 2.20. The standard InChI is InChI=1S/C25H24FN3O/c1-18-19(2)29(17-20-8-4-3-5-9-20)25(28-14-6-7-15-28)23(18)16-27-24(30)21-10-12-22(26)13-11-21/h3-15H,16-17H2,1-2H3,(H,27,30). The van der Waals surface area contributed by atoms with E-state index in [0.29, 0.717) is 12.1 Å². The molecule has 4 aromatic rings. The maximum atomic E-state index is 13.2. The summed E-state index contributed by atoms with van der Waals surface area (Å²) in [5.41, 5.74) is 5.03. The van der Waals surface area contributed by atoms with Crippen molar-refractivity contribution in [2.24, 2.45) is 0 Å². The van der Waals surface area contributed by atoms with Gasteiger partial charge in [-0.25, -0.2) is 4.39 Å². The van der Waals surface area contributed by atoms with Crippen LogP contribution < -0.4 is 5.32 Å². The molecule has 152 valence electrons. The minimum absolute atomic E-state index is 0.221. The number of amides is 1. The van der Waals surface area contributed by atoms with Crippen LogP contribution in [0.15, 0.2) is 79.1 Å². The maximum absolute atomic E-state index is 13.2. The maximum Gasteiger partial charge on any atom is 0.251 e. The average Bonchev–Trinajstić information content (AvgIpc) is 3.36. The summed E-state index contributed by atoms with van der Waals surface area (Å²) in [6, 6.07) is 19.9. The third-order valence-electron chi connectivity index (χ3n) is 5.49. The third-order valence-corrected chi connectivity index (χ3v) is 5.49. The minimum Gasteiger partial charge on any atom is -0.348 e. The summed E-state index contributed by atoms with van der Waals surface area (Å²) >= 11 is 0. The summed E-state index contributed by atoms with van der Waals surface area (Å²) in [6.45, 7) is 5.32. The van der Waals surface area contributed by atoms with Crippen LogP contribution in [0.5, 0.6) is 0 Å². The van der Waals surface area contributed by atoms with Gasteiger partial charge in [-0.05, 0) is 61.4 Å². The fourth-order valence-corrected chi connectivity index (χ4v) is 3.72. The molecule has 30 heavy (non-hydrogen) atoms. The number of nitrogens with zero attached hydrogens (tertiary/aromatic N) is 2. The third kappa shape index (κ3) is 3.92. The lowest BCUT2D eigenvalue weighted by Gasteiger charge is -2.15. The molecular formula is C25H24FN3O. The molecule has 1 N–H and O–H groups in total. The lowest BCUT2D eigenvalue weighted by molar-refractivity contribution is 0.0951. The number of aromatic nitrogens is 2. The Balaban J connectivity index is 1.67. The van der Waals surface area contributed by atoms with E-state index in [1.165, 1.54) is 29.8 Å². The molecule has 0 aliphatic carbocycles. The normalized spacial score (nSPS) is 10.9. The van der Waals surface area contributed by atoms with Gasteiger partial charge in [-0.2, -0.15) is 0 Å². The van der Waals surface area contributed by atoms with Crippen molar-refractivity contribution in [3.05, 3.63) is 113 Å². The summed E-state index contributed by atoms with van der Waals surface area (Å²) in [4.78, 5) is 12.6. The van der Waals surface area contributed by atoms with Crippen molar-refractivity contribution in [1.82, 2.24) is 14.5 Å². The van der Waals surface area contributed by atoms with Crippen molar-refractivity contribution in [3.8, 4) is 5.82 Å². The van der Waals surface area contributed by atoms with Gasteiger partial charge in [0.05, 0.1) is 0 Å². The first-order chi connectivity index (χ1) is 14.5. The second kappa shape index (κ2) is 8.41. The Labute approximate surface area is 175 Å². The largest absolute Gasteiger partial charge is 0.348 e. The molecule has 2 aromatic heterocycles. The highest BCUT2D eigenvalue weighted by atomic mass is 19.1. The van der Waals surface area contributed by atoms with Crippen LogP contribution in [0, 0.1) is 19.7 Å². The fraction of sp³-hybridized carbons (Fsp3) is 0.160. The monoisotopic (exact) mass is 401 g/mol. The van der Waals surface area contributed by atoms with E-state index in [0.717, 1.165) is 29.2 Å².